The van der Waals surface area contributed by atoms with Gasteiger partial charge in [0.15, 0.2) is 6.29 Å². The van der Waals surface area contributed by atoms with E-state index in [1.807, 2.05) is 13.0 Å². The van der Waals surface area contributed by atoms with Crippen molar-refractivity contribution in [3.63, 3.8) is 0 Å². The number of ether oxygens (including phenoxy) is 1. The molecule has 0 N–H and O–H groups in total. The number of carbonyl (C=O) groups is 1. The van der Waals surface area contributed by atoms with Crippen molar-refractivity contribution in [2.24, 2.45) is 0 Å². The van der Waals surface area contributed by atoms with Crippen LogP contribution in [0.4, 0.5) is 4.39 Å². The molecule has 0 saturated carbocycles. The summed E-state index contributed by atoms with van der Waals surface area (Å²) < 4.78 is 18.7. The Morgan fingerprint density at radius 1 is 1.30 bits per heavy atom. The molecular formula is C16H12FNO2. The van der Waals surface area contributed by atoms with Gasteiger partial charge < -0.3 is 4.74 Å². The van der Waals surface area contributed by atoms with E-state index in [4.69, 9.17) is 10.00 Å². The molecule has 3 nitrogen and oxygen atoms in total. The van der Waals surface area contributed by atoms with Gasteiger partial charge in [-0.05, 0) is 36.8 Å². The van der Waals surface area contributed by atoms with Crippen LogP contribution in [0.25, 0.3) is 0 Å². The van der Waals surface area contributed by atoms with Crippen LogP contribution in [0.3, 0.4) is 0 Å². The maximum atomic E-state index is 13.2. The second-order valence-electron chi connectivity index (χ2n) is 4.37. The number of nitrogens with zero attached hydrogens (tertiary/aromatic N) is 1. The Bertz CT molecular complexity index is 689. The van der Waals surface area contributed by atoms with E-state index in [1.54, 1.807) is 24.3 Å². The highest BCUT2D eigenvalue weighted by Crippen LogP contribution is 2.20. The molecule has 0 aliphatic rings. The molecule has 0 aliphatic carbocycles. The highest BCUT2D eigenvalue weighted by Gasteiger charge is 2.06. The molecule has 2 rings (SSSR count). The van der Waals surface area contributed by atoms with Crippen molar-refractivity contribution in [2.45, 2.75) is 13.5 Å². The first kappa shape index (κ1) is 13.8. The lowest BCUT2D eigenvalue weighted by atomic mass is 10.1. The van der Waals surface area contributed by atoms with Gasteiger partial charge in [-0.25, -0.2) is 4.39 Å². The van der Waals surface area contributed by atoms with Crippen molar-refractivity contribution in [1.29, 1.82) is 5.26 Å². The van der Waals surface area contributed by atoms with Gasteiger partial charge in [-0.1, -0.05) is 17.7 Å². The Kier molecular flexibility index (Phi) is 4.11. The third-order valence-electron chi connectivity index (χ3n) is 2.84. The van der Waals surface area contributed by atoms with Crippen LogP contribution in [0.5, 0.6) is 5.75 Å². The smallest absolute Gasteiger partial charge is 0.153 e. The zero-order valence-corrected chi connectivity index (χ0v) is 10.9. The van der Waals surface area contributed by atoms with Crippen LogP contribution >= 0.6 is 0 Å². The minimum Gasteiger partial charge on any atom is -0.488 e. The van der Waals surface area contributed by atoms with Crippen LogP contribution in [0, 0.1) is 24.1 Å². The number of carbonyl (C=O) groups excluding carboxylic acids is 1. The lowest BCUT2D eigenvalue weighted by molar-refractivity contribution is 0.111. The molecule has 0 amide bonds. The lowest BCUT2D eigenvalue weighted by Crippen LogP contribution is -1.99. The zero-order chi connectivity index (χ0) is 14.5. The van der Waals surface area contributed by atoms with E-state index in [1.165, 1.54) is 12.1 Å². The van der Waals surface area contributed by atoms with Gasteiger partial charge in [0.05, 0.1) is 11.1 Å². The lowest BCUT2D eigenvalue weighted by Gasteiger charge is -2.09. The first-order valence-corrected chi connectivity index (χ1v) is 6.01. The van der Waals surface area contributed by atoms with Crippen molar-refractivity contribution >= 4 is 6.29 Å². The quantitative estimate of drug-likeness (QED) is 0.799. The number of hydrogen-bond donors (Lipinski definition) is 0. The van der Waals surface area contributed by atoms with Gasteiger partial charge in [0.2, 0.25) is 0 Å². The fourth-order valence-electron chi connectivity index (χ4n) is 1.80. The van der Waals surface area contributed by atoms with E-state index in [0.29, 0.717) is 16.9 Å². The molecule has 0 bridgehead atoms. The van der Waals surface area contributed by atoms with Gasteiger partial charge in [-0.15, -0.1) is 0 Å². The average Bonchev–Trinajstić information content (AvgIpc) is 2.47. The summed E-state index contributed by atoms with van der Waals surface area (Å²) in [5.41, 5.74) is 2.08. The van der Waals surface area contributed by atoms with Crippen LogP contribution in [0.1, 0.15) is 27.0 Å². The van der Waals surface area contributed by atoms with E-state index < -0.39 is 5.82 Å². The molecule has 0 fully saturated rings. The molecule has 0 aromatic heterocycles. The summed E-state index contributed by atoms with van der Waals surface area (Å²) >= 11 is 0. The Hall–Kier alpha value is -2.67. The van der Waals surface area contributed by atoms with Gasteiger partial charge >= 0.3 is 0 Å². The largest absolute Gasteiger partial charge is 0.488 e. The molecular weight excluding hydrogens is 257 g/mol. The standard InChI is InChI=1S/C16H12FNO2/c1-11-2-5-16(14(6-11)9-19)20-10-12-3-4-15(17)13(7-12)8-18/h2-7,9H,10H2,1H3. The third-order valence-corrected chi connectivity index (χ3v) is 2.84. The molecule has 0 atom stereocenters. The SMILES string of the molecule is Cc1ccc(OCc2ccc(F)c(C#N)c2)c(C=O)c1. The number of hydrogen-bond acceptors (Lipinski definition) is 3. The van der Waals surface area contributed by atoms with Crippen LogP contribution in [0.15, 0.2) is 36.4 Å². The third kappa shape index (κ3) is 3.01. The fourth-order valence-corrected chi connectivity index (χ4v) is 1.80. The van der Waals surface area contributed by atoms with Crippen LogP contribution in [-0.4, -0.2) is 6.29 Å². The number of rotatable bonds is 4. The van der Waals surface area contributed by atoms with Crippen molar-refractivity contribution in [3.05, 3.63) is 64.5 Å². The molecule has 0 heterocycles. The molecule has 0 spiro atoms. The Morgan fingerprint density at radius 2 is 2.10 bits per heavy atom. The number of aryl methyl sites for hydroxylation is 1. The normalized spacial score (nSPS) is 9.85. The summed E-state index contributed by atoms with van der Waals surface area (Å²) in [6.45, 7) is 2.05. The maximum Gasteiger partial charge on any atom is 0.153 e. The van der Waals surface area contributed by atoms with E-state index >= 15 is 0 Å². The molecule has 0 aliphatic heterocycles. The monoisotopic (exact) mass is 269 g/mol. The summed E-state index contributed by atoms with van der Waals surface area (Å²) in [5, 5.41) is 8.76. The van der Waals surface area contributed by atoms with E-state index in [9.17, 15) is 9.18 Å². The molecule has 100 valence electrons. The van der Waals surface area contributed by atoms with Gasteiger partial charge in [-0.2, -0.15) is 5.26 Å². The van der Waals surface area contributed by atoms with Crippen molar-refractivity contribution < 1.29 is 13.9 Å². The predicted octanol–water partition coefficient (Wildman–Crippen LogP) is 3.40. The molecule has 0 saturated heterocycles. The average molecular weight is 269 g/mol. The Balaban J connectivity index is 2.17. The highest BCUT2D eigenvalue weighted by atomic mass is 19.1. The minimum absolute atomic E-state index is 0.0226. The van der Waals surface area contributed by atoms with Crippen molar-refractivity contribution in [3.8, 4) is 11.8 Å². The summed E-state index contributed by atoms with van der Waals surface area (Å²) in [5.74, 6) is -0.0893. The van der Waals surface area contributed by atoms with Crippen molar-refractivity contribution in [2.75, 3.05) is 0 Å². The highest BCUT2D eigenvalue weighted by molar-refractivity contribution is 5.79. The number of benzene rings is 2. The van der Waals surface area contributed by atoms with Gasteiger partial charge in [0.1, 0.15) is 24.2 Å². The second-order valence-corrected chi connectivity index (χ2v) is 4.37. The molecule has 20 heavy (non-hydrogen) atoms. The number of aldehydes is 1. The molecule has 0 unspecified atom stereocenters. The summed E-state index contributed by atoms with van der Waals surface area (Å²) in [6, 6.07) is 11.3. The van der Waals surface area contributed by atoms with Gasteiger partial charge in [-0.3, -0.25) is 4.79 Å². The first-order valence-electron chi connectivity index (χ1n) is 6.01. The minimum atomic E-state index is -0.555. The van der Waals surface area contributed by atoms with E-state index in [-0.39, 0.29) is 12.2 Å². The Morgan fingerprint density at radius 3 is 2.80 bits per heavy atom. The molecule has 0 radical (unpaired) electrons. The first-order chi connectivity index (χ1) is 9.63. The molecule has 2 aromatic rings. The summed E-state index contributed by atoms with van der Waals surface area (Å²) in [6.07, 6.45) is 0.730. The number of nitriles is 1. The second kappa shape index (κ2) is 5.98. The topological polar surface area (TPSA) is 50.1 Å². The van der Waals surface area contributed by atoms with Crippen molar-refractivity contribution in [1.82, 2.24) is 0 Å². The Labute approximate surface area is 116 Å². The van der Waals surface area contributed by atoms with Crippen LogP contribution in [-0.2, 0) is 6.61 Å². The predicted molar refractivity (Wildman–Crippen MR) is 72.0 cm³/mol. The number of halogens is 1. The van der Waals surface area contributed by atoms with Crippen LogP contribution < -0.4 is 4.74 Å². The van der Waals surface area contributed by atoms with Crippen LogP contribution in [0.2, 0.25) is 0 Å². The fraction of sp³-hybridized carbons (Fsp3) is 0.125. The van der Waals surface area contributed by atoms with E-state index in [0.717, 1.165) is 11.8 Å². The maximum absolute atomic E-state index is 13.2. The zero-order valence-electron chi connectivity index (χ0n) is 10.9. The van der Waals surface area contributed by atoms with Gasteiger partial charge in [0, 0.05) is 0 Å². The summed E-state index contributed by atoms with van der Waals surface area (Å²) in [4.78, 5) is 11.0. The van der Waals surface area contributed by atoms with Gasteiger partial charge in [0.25, 0.3) is 0 Å². The summed E-state index contributed by atoms with van der Waals surface area (Å²) in [7, 11) is 0. The van der Waals surface area contributed by atoms with E-state index in [2.05, 4.69) is 0 Å². The molecule has 4 heteroatoms. The molecule has 2 aromatic carbocycles.